The Balaban J connectivity index is 1.40. The number of nitrogens with two attached hydrogens (primary N) is 1. The Morgan fingerprint density at radius 3 is 2.35 bits per heavy atom. The number of benzene rings is 3. The number of nitrogen functional groups attached to an aromatic ring is 1. The van der Waals surface area contributed by atoms with E-state index in [4.69, 9.17) is 15.5 Å². The minimum absolute atomic E-state index is 0.407. The van der Waals surface area contributed by atoms with Crippen LogP contribution in [0.5, 0.6) is 11.5 Å². The Morgan fingerprint density at radius 1 is 0.765 bits per heavy atom. The number of hydrogen-bond acceptors (Lipinski definition) is 8. The molecule has 6 rings (SSSR count). The van der Waals surface area contributed by atoms with Crippen molar-refractivity contribution in [3.05, 3.63) is 90.5 Å². The average Bonchev–Trinajstić information content (AvgIpc) is 3.55. The van der Waals surface area contributed by atoms with E-state index in [0.29, 0.717) is 11.7 Å². The molecule has 0 spiro atoms. The molecule has 2 aromatic heterocycles. The van der Waals surface area contributed by atoms with Crippen LogP contribution in [0.3, 0.4) is 0 Å². The molecule has 0 saturated carbocycles. The molecule has 0 atom stereocenters. The summed E-state index contributed by atoms with van der Waals surface area (Å²) in [4.78, 5) is 4.98. The maximum absolute atomic E-state index is 6.20. The molecule has 166 valence electrons. The molecule has 0 aliphatic carbocycles. The number of aromatic nitrogens is 3. The fourth-order valence-electron chi connectivity index (χ4n) is 3.89. The predicted molar refractivity (Wildman–Crippen MR) is 132 cm³/mol. The number of hydrogen-bond donors (Lipinski definition) is 5. The summed E-state index contributed by atoms with van der Waals surface area (Å²) in [7, 11) is 0. The molecule has 0 radical (unpaired) electrons. The first-order valence-electron chi connectivity index (χ1n) is 10.7. The number of nitrogens with one attached hydrogen (secondary N) is 4. The van der Waals surface area contributed by atoms with Gasteiger partial charge in [-0.15, -0.1) is 10.6 Å². The molecule has 0 unspecified atom stereocenters. The van der Waals surface area contributed by atoms with E-state index in [1.54, 1.807) is 0 Å². The van der Waals surface area contributed by atoms with Crippen LogP contribution in [0.1, 0.15) is 5.56 Å². The molecule has 3 aromatic carbocycles. The van der Waals surface area contributed by atoms with Gasteiger partial charge in [0.25, 0.3) is 0 Å². The third kappa shape index (κ3) is 3.65. The molecule has 34 heavy (non-hydrogen) atoms. The molecular weight excluding hydrogens is 428 g/mol. The van der Waals surface area contributed by atoms with E-state index in [-0.39, 0.29) is 0 Å². The van der Waals surface area contributed by atoms with Crippen molar-refractivity contribution in [1.29, 1.82) is 0 Å². The smallest absolute Gasteiger partial charge is 0.170 e. The van der Waals surface area contributed by atoms with Crippen LogP contribution in [0.4, 0.5) is 5.82 Å². The second-order valence-corrected chi connectivity index (χ2v) is 7.73. The zero-order chi connectivity index (χ0) is 22.9. The highest BCUT2D eigenvalue weighted by Crippen LogP contribution is 2.34. The molecule has 5 aromatic rings. The van der Waals surface area contributed by atoms with Crippen molar-refractivity contribution in [2.24, 2.45) is 5.10 Å². The number of H-pyrrole nitrogens is 1. The summed E-state index contributed by atoms with van der Waals surface area (Å²) < 4.78 is 5.93. The van der Waals surface area contributed by atoms with Gasteiger partial charge in [0.1, 0.15) is 11.5 Å². The second kappa shape index (κ2) is 8.23. The lowest BCUT2D eigenvalue weighted by Crippen LogP contribution is -2.35. The van der Waals surface area contributed by atoms with E-state index in [1.165, 1.54) is 0 Å². The lowest BCUT2D eigenvalue weighted by Gasteiger charge is -2.10. The molecular formula is C25H20N8O. The van der Waals surface area contributed by atoms with Gasteiger partial charge in [-0.3, -0.25) is 10.5 Å². The summed E-state index contributed by atoms with van der Waals surface area (Å²) in [5, 5.41) is 12.2. The molecule has 0 fully saturated rings. The number of hydrazone groups is 1. The van der Waals surface area contributed by atoms with Crippen LogP contribution >= 0.6 is 0 Å². The number of para-hydroxylation sites is 1. The fraction of sp³-hybridized carbons (Fsp3) is 0. The monoisotopic (exact) mass is 448 g/mol. The van der Waals surface area contributed by atoms with Crippen LogP contribution in [0.15, 0.2) is 90.0 Å². The van der Waals surface area contributed by atoms with Gasteiger partial charge in [0, 0.05) is 16.7 Å². The Kier molecular flexibility index (Phi) is 4.78. The van der Waals surface area contributed by atoms with Gasteiger partial charge in [0.05, 0.1) is 22.3 Å². The van der Waals surface area contributed by atoms with Crippen molar-refractivity contribution in [1.82, 2.24) is 31.7 Å². The van der Waals surface area contributed by atoms with Crippen molar-refractivity contribution < 1.29 is 4.74 Å². The van der Waals surface area contributed by atoms with E-state index >= 15 is 0 Å². The van der Waals surface area contributed by atoms with Crippen LogP contribution in [0.25, 0.3) is 33.4 Å². The van der Waals surface area contributed by atoms with Gasteiger partial charge in [0.15, 0.2) is 11.7 Å². The Bertz CT molecular complexity index is 1510. The summed E-state index contributed by atoms with van der Waals surface area (Å²) in [6.45, 7) is 0. The van der Waals surface area contributed by atoms with Crippen molar-refractivity contribution in [2.45, 2.75) is 0 Å². The highest BCUT2D eigenvalue weighted by molar-refractivity contribution is 6.02. The van der Waals surface area contributed by atoms with Gasteiger partial charge in [-0.1, -0.05) is 36.4 Å². The minimum Gasteiger partial charge on any atom is -0.457 e. The summed E-state index contributed by atoms with van der Waals surface area (Å²) in [6, 6.07) is 27.4. The maximum Gasteiger partial charge on any atom is 0.170 e. The van der Waals surface area contributed by atoms with Crippen molar-refractivity contribution in [3.63, 3.8) is 0 Å². The average molecular weight is 448 g/mol. The number of pyridine rings is 1. The molecule has 0 amide bonds. The zero-order valence-corrected chi connectivity index (χ0v) is 17.9. The van der Waals surface area contributed by atoms with Crippen LogP contribution in [-0.4, -0.2) is 21.0 Å². The number of nitrogens with zero attached hydrogens (tertiary/aromatic N) is 3. The van der Waals surface area contributed by atoms with Gasteiger partial charge in [0.2, 0.25) is 0 Å². The normalized spacial score (nSPS) is 12.8. The second-order valence-electron chi connectivity index (χ2n) is 7.73. The zero-order valence-electron chi connectivity index (χ0n) is 17.9. The first-order valence-corrected chi connectivity index (χ1v) is 10.7. The highest BCUT2D eigenvalue weighted by Gasteiger charge is 2.16. The van der Waals surface area contributed by atoms with Crippen LogP contribution in [-0.2, 0) is 0 Å². The molecule has 0 saturated heterocycles. The quantitative estimate of drug-likeness (QED) is 0.276. The van der Waals surface area contributed by atoms with Crippen molar-refractivity contribution in [3.8, 4) is 34.0 Å². The summed E-state index contributed by atoms with van der Waals surface area (Å²) in [5.74, 6) is 2.62. The van der Waals surface area contributed by atoms with Gasteiger partial charge in [-0.2, -0.15) is 5.10 Å². The third-order valence-corrected chi connectivity index (χ3v) is 5.52. The molecule has 6 N–H and O–H groups in total. The number of ether oxygens (including phenoxy) is 1. The standard InChI is InChI=1S/C25H20N8O/c26-24-22-21(28-29-24)14-20(16-5-4-6-17(13-16)25-30-32-33-31-25)27-23(22)15-9-11-19(12-10-15)34-18-7-2-1-3-8-18/h1-14,32-33H,(H,30,31)(H3,26,28,29). The number of hydrazine groups is 2. The number of anilines is 1. The van der Waals surface area contributed by atoms with E-state index < -0.39 is 0 Å². The third-order valence-electron chi connectivity index (χ3n) is 5.52. The number of rotatable bonds is 5. The van der Waals surface area contributed by atoms with E-state index in [1.807, 2.05) is 84.9 Å². The Morgan fingerprint density at radius 2 is 1.56 bits per heavy atom. The first kappa shape index (κ1) is 19.8. The van der Waals surface area contributed by atoms with E-state index in [2.05, 4.69) is 31.8 Å². The maximum atomic E-state index is 6.20. The van der Waals surface area contributed by atoms with Crippen LogP contribution in [0.2, 0.25) is 0 Å². The molecule has 3 heterocycles. The highest BCUT2D eigenvalue weighted by atomic mass is 16.5. The first-order chi connectivity index (χ1) is 16.7. The molecule has 0 bridgehead atoms. The van der Waals surface area contributed by atoms with Gasteiger partial charge >= 0.3 is 0 Å². The molecule has 1 aliphatic rings. The fourth-order valence-corrected chi connectivity index (χ4v) is 3.89. The Labute approximate surface area is 194 Å². The number of amidine groups is 1. The summed E-state index contributed by atoms with van der Waals surface area (Å²) >= 11 is 0. The lowest BCUT2D eigenvalue weighted by molar-refractivity contribution is 0.483. The SMILES string of the molecule is Nc1n[nH]c2cc(-c3cccc(C4=NNNN4)c3)nc(-c3ccc(Oc4ccccc4)cc3)c12. The lowest BCUT2D eigenvalue weighted by atomic mass is 10.0. The molecule has 9 heteroatoms. The number of fused-ring (bicyclic) bond motifs is 1. The van der Waals surface area contributed by atoms with Crippen LogP contribution in [0, 0.1) is 0 Å². The minimum atomic E-state index is 0.407. The largest absolute Gasteiger partial charge is 0.457 e. The van der Waals surface area contributed by atoms with Crippen molar-refractivity contribution >= 4 is 22.6 Å². The number of aromatic amines is 1. The topological polar surface area (TPSA) is 125 Å². The van der Waals surface area contributed by atoms with Gasteiger partial charge < -0.3 is 10.5 Å². The van der Waals surface area contributed by atoms with E-state index in [9.17, 15) is 0 Å². The van der Waals surface area contributed by atoms with Gasteiger partial charge in [-0.25, -0.2) is 10.5 Å². The van der Waals surface area contributed by atoms with Gasteiger partial charge in [-0.05, 0) is 48.5 Å². The van der Waals surface area contributed by atoms with Crippen molar-refractivity contribution in [2.75, 3.05) is 5.73 Å². The summed E-state index contributed by atoms with van der Waals surface area (Å²) in [6.07, 6.45) is 0. The molecule has 9 nitrogen and oxygen atoms in total. The van der Waals surface area contributed by atoms with E-state index in [0.717, 1.165) is 50.5 Å². The molecule has 1 aliphatic heterocycles. The van der Waals surface area contributed by atoms with Crippen LogP contribution < -0.4 is 27.0 Å². The summed E-state index contributed by atoms with van der Waals surface area (Å²) in [5.41, 5.74) is 19.7. The Hall–Kier alpha value is -4.89. The predicted octanol–water partition coefficient (Wildman–Crippen LogP) is 3.94.